The Morgan fingerprint density at radius 2 is 2.11 bits per heavy atom. The quantitative estimate of drug-likeness (QED) is 0.686. The summed E-state index contributed by atoms with van der Waals surface area (Å²) in [5.74, 6) is -0.923. The van der Waals surface area contributed by atoms with Gasteiger partial charge in [0.15, 0.2) is 22.4 Å². The third-order valence-electron chi connectivity index (χ3n) is 3.65. The van der Waals surface area contributed by atoms with Crippen LogP contribution in [0.2, 0.25) is 5.15 Å². The molecule has 0 bridgehead atoms. The molecule has 0 aliphatic heterocycles. The summed E-state index contributed by atoms with van der Waals surface area (Å²) >= 11 is 5.88. The molecule has 0 fully saturated rings. The van der Waals surface area contributed by atoms with Crippen LogP contribution in [0.1, 0.15) is 10.5 Å². The molecule has 1 aromatic carbocycles. The van der Waals surface area contributed by atoms with Crippen molar-refractivity contribution >= 4 is 28.9 Å². The van der Waals surface area contributed by atoms with Crippen LogP contribution in [0.4, 0.5) is 15.8 Å². The molecule has 27 heavy (non-hydrogen) atoms. The number of methoxy groups -OCH3 is 1. The Balaban J connectivity index is 2.13. The van der Waals surface area contributed by atoms with Gasteiger partial charge in [-0.2, -0.15) is 15.0 Å². The topological polar surface area (TPSA) is 107 Å². The van der Waals surface area contributed by atoms with E-state index in [1.807, 2.05) is 0 Å². The number of ether oxygens (including phenoxy) is 1. The molecule has 0 radical (unpaired) electrons. The standard InChI is InChI=1S/C16H15ClFN7O2/c1-19-16(26)14-10(6-12(17)22-23-14)21-13-9(18)5-4-8(15(13)27-3)11-7-20-25(2)24-11/h4-7H,1-3H3,(H,19,26)(H,21,22). The van der Waals surface area contributed by atoms with Crippen LogP contribution >= 0.6 is 11.6 Å². The fraction of sp³-hybridized carbons (Fsp3) is 0.188. The maximum absolute atomic E-state index is 14.6. The summed E-state index contributed by atoms with van der Waals surface area (Å²) in [5.41, 5.74) is 1.13. The molecule has 11 heteroatoms. The predicted octanol–water partition coefficient (Wildman–Crippen LogP) is 2.18. The van der Waals surface area contributed by atoms with Crippen LogP contribution in [0.3, 0.4) is 0 Å². The average molecular weight is 392 g/mol. The van der Waals surface area contributed by atoms with E-state index < -0.39 is 11.7 Å². The van der Waals surface area contributed by atoms with Gasteiger partial charge < -0.3 is 15.4 Å². The van der Waals surface area contributed by atoms with Crippen molar-refractivity contribution in [3.05, 3.63) is 41.1 Å². The van der Waals surface area contributed by atoms with Crippen LogP contribution in [0.25, 0.3) is 11.3 Å². The average Bonchev–Trinajstić information content (AvgIpc) is 3.08. The zero-order valence-corrected chi connectivity index (χ0v) is 15.4. The van der Waals surface area contributed by atoms with Crippen molar-refractivity contribution in [3.8, 4) is 17.0 Å². The number of nitrogens with zero attached hydrogens (tertiary/aromatic N) is 5. The van der Waals surface area contributed by atoms with Gasteiger partial charge in [-0.1, -0.05) is 11.6 Å². The molecule has 0 saturated heterocycles. The molecule has 2 aromatic heterocycles. The number of rotatable bonds is 5. The molecule has 2 heterocycles. The number of hydrogen-bond donors (Lipinski definition) is 2. The van der Waals surface area contributed by atoms with Crippen molar-refractivity contribution < 1.29 is 13.9 Å². The molecule has 1 amide bonds. The predicted molar refractivity (Wildman–Crippen MR) is 96.7 cm³/mol. The zero-order chi connectivity index (χ0) is 19.6. The monoisotopic (exact) mass is 391 g/mol. The van der Waals surface area contributed by atoms with Crippen LogP contribution in [0.5, 0.6) is 5.75 Å². The SMILES string of the molecule is CNC(=O)c1nnc(Cl)cc1Nc1c(F)ccc(-c2cnn(C)n2)c1OC. The van der Waals surface area contributed by atoms with Crippen LogP contribution in [-0.4, -0.2) is 45.3 Å². The van der Waals surface area contributed by atoms with Gasteiger partial charge in [-0.15, -0.1) is 10.2 Å². The van der Waals surface area contributed by atoms with Gasteiger partial charge in [0.25, 0.3) is 5.91 Å². The molecule has 2 N–H and O–H groups in total. The Labute approximate surface area is 158 Å². The molecule has 0 aliphatic rings. The molecular formula is C16H15ClFN7O2. The molecule has 3 aromatic rings. The van der Waals surface area contributed by atoms with E-state index in [-0.39, 0.29) is 28.0 Å². The Morgan fingerprint density at radius 3 is 2.74 bits per heavy atom. The van der Waals surface area contributed by atoms with E-state index in [9.17, 15) is 9.18 Å². The van der Waals surface area contributed by atoms with Gasteiger partial charge >= 0.3 is 0 Å². The van der Waals surface area contributed by atoms with Crippen LogP contribution in [0.15, 0.2) is 24.4 Å². The Kier molecular flexibility index (Phi) is 5.17. The van der Waals surface area contributed by atoms with E-state index in [4.69, 9.17) is 16.3 Å². The van der Waals surface area contributed by atoms with Crippen LogP contribution in [0, 0.1) is 5.82 Å². The molecular weight excluding hydrogens is 377 g/mol. The van der Waals surface area contributed by atoms with Crippen molar-refractivity contribution in [1.82, 2.24) is 30.5 Å². The molecule has 140 valence electrons. The zero-order valence-electron chi connectivity index (χ0n) is 14.6. The summed E-state index contributed by atoms with van der Waals surface area (Å²) in [6, 6.07) is 4.15. The number of anilines is 2. The van der Waals surface area contributed by atoms with Crippen molar-refractivity contribution in [3.63, 3.8) is 0 Å². The Morgan fingerprint density at radius 1 is 1.33 bits per heavy atom. The lowest BCUT2D eigenvalue weighted by Crippen LogP contribution is -2.21. The number of hydrogen-bond acceptors (Lipinski definition) is 7. The van der Waals surface area contributed by atoms with E-state index in [2.05, 4.69) is 31.0 Å². The largest absolute Gasteiger partial charge is 0.494 e. The lowest BCUT2D eigenvalue weighted by Gasteiger charge is -2.16. The second kappa shape index (κ2) is 7.54. The molecule has 0 saturated carbocycles. The van der Waals surface area contributed by atoms with Crippen molar-refractivity contribution in [2.45, 2.75) is 0 Å². The van der Waals surface area contributed by atoms with E-state index in [1.54, 1.807) is 7.05 Å². The summed E-state index contributed by atoms with van der Waals surface area (Å²) < 4.78 is 20.0. The van der Waals surface area contributed by atoms with E-state index >= 15 is 0 Å². The number of aromatic nitrogens is 5. The van der Waals surface area contributed by atoms with Crippen molar-refractivity contribution in [2.75, 3.05) is 19.5 Å². The first-order chi connectivity index (χ1) is 12.9. The first kappa shape index (κ1) is 18.5. The van der Waals surface area contributed by atoms with E-state index in [1.165, 1.54) is 43.3 Å². The number of amides is 1. The van der Waals surface area contributed by atoms with Gasteiger partial charge in [0.1, 0.15) is 11.4 Å². The van der Waals surface area contributed by atoms with Gasteiger partial charge in [0.05, 0.1) is 19.0 Å². The van der Waals surface area contributed by atoms with Gasteiger partial charge in [0.2, 0.25) is 0 Å². The third kappa shape index (κ3) is 3.65. The minimum Gasteiger partial charge on any atom is -0.494 e. The molecule has 0 spiro atoms. The highest BCUT2D eigenvalue weighted by molar-refractivity contribution is 6.29. The van der Waals surface area contributed by atoms with Crippen LogP contribution in [-0.2, 0) is 7.05 Å². The lowest BCUT2D eigenvalue weighted by molar-refractivity contribution is 0.0958. The van der Waals surface area contributed by atoms with E-state index in [0.717, 1.165) is 0 Å². The highest BCUT2D eigenvalue weighted by Crippen LogP contribution is 2.39. The maximum atomic E-state index is 14.6. The van der Waals surface area contributed by atoms with Crippen molar-refractivity contribution in [2.24, 2.45) is 7.05 Å². The number of carbonyl (C=O) groups is 1. The fourth-order valence-corrected chi connectivity index (χ4v) is 2.59. The minimum absolute atomic E-state index is 0.00475. The molecule has 9 nitrogen and oxygen atoms in total. The normalized spacial score (nSPS) is 10.6. The maximum Gasteiger partial charge on any atom is 0.273 e. The molecule has 0 unspecified atom stereocenters. The minimum atomic E-state index is -0.602. The molecule has 3 rings (SSSR count). The smallest absolute Gasteiger partial charge is 0.273 e. The van der Waals surface area contributed by atoms with E-state index in [0.29, 0.717) is 11.3 Å². The molecule has 0 atom stereocenters. The van der Waals surface area contributed by atoms with Gasteiger partial charge in [-0.25, -0.2) is 4.39 Å². The number of nitrogens with one attached hydrogen (secondary N) is 2. The first-order valence-corrected chi connectivity index (χ1v) is 8.08. The summed E-state index contributed by atoms with van der Waals surface area (Å²) in [6.07, 6.45) is 1.53. The summed E-state index contributed by atoms with van der Waals surface area (Å²) in [5, 5.41) is 20.9. The third-order valence-corrected chi connectivity index (χ3v) is 3.84. The van der Waals surface area contributed by atoms with Gasteiger partial charge in [-0.05, 0) is 12.1 Å². The number of carbonyl (C=O) groups excluding carboxylic acids is 1. The first-order valence-electron chi connectivity index (χ1n) is 7.70. The van der Waals surface area contributed by atoms with Gasteiger partial charge in [0, 0.05) is 25.7 Å². The van der Waals surface area contributed by atoms with Gasteiger partial charge in [-0.3, -0.25) is 4.79 Å². The second-order valence-corrected chi connectivity index (χ2v) is 5.74. The fourth-order valence-electron chi connectivity index (χ4n) is 2.44. The summed E-state index contributed by atoms with van der Waals surface area (Å²) in [6.45, 7) is 0. The Bertz CT molecular complexity index is 1010. The van der Waals surface area contributed by atoms with Crippen molar-refractivity contribution in [1.29, 1.82) is 0 Å². The number of benzene rings is 1. The lowest BCUT2D eigenvalue weighted by atomic mass is 10.1. The second-order valence-electron chi connectivity index (χ2n) is 5.36. The summed E-state index contributed by atoms with van der Waals surface area (Å²) in [4.78, 5) is 13.4. The highest BCUT2D eigenvalue weighted by Gasteiger charge is 2.21. The summed E-state index contributed by atoms with van der Waals surface area (Å²) in [7, 11) is 4.51. The number of halogens is 2. The highest BCUT2D eigenvalue weighted by atomic mass is 35.5. The number of aryl methyl sites for hydroxylation is 1. The molecule has 0 aliphatic carbocycles. The Hall–Kier alpha value is -3.27. The van der Waals surface area contributed by atoms with Crippen LogP contribution < -0.4 is 15.4 Å².